The molecule has 0 amide bonds. The van der Waals surface area contributed by atoms with Crippen LogP contribution in [0.25, 0.3) is 0 Å². The highest BCUT2D eigenvalue weighted by Gasteiger charge is 2.07. The van der Waals surface area contributed by atoms with Crippen LogP contribution < -0.4 is 10.1 Å². The van der Waals surface area contributed by atoms with Crippen LogP contribution in [0.1, 0.15) is 30.5 Å². The van der Waals surface area contributed by atoms with Crippen LogP contribution in [0, 0.1) is 13.8 Å². The Balaban J connectivity index is 2.23. The molecule has 0 atom stereocenters. The van der Waals surface area contributed by atoms with Crippen molar-refractivity contribution >= 4 is 11.6 Å². The summed E-state index contributed by atoms with van der Waals surface area (Å²) in [7, 11) is 0. The molecule has 0 saturated carbocycles. The predicted molar refractivity (Wildman–Crippen MR) is 89.4 cm³/mol. The van der Waals surface area contributed by atoms with Gasteiger partial charge in [-0.15, -0.1) is 0 Å². The van der Waals surface area contributed by atoms with Crippen LogP contribution >= 0.6 is 11.6 Å². The number of aryl methyl sites for hydroxylation is 2. The van der Waals surface area contributed by atoms with Gasteiger partial charge in [-0.3, -0.25) is 0 Å². The molecule has 0 spiro atoms. The first-order valence-corrected chi connectivity index (χ1v) is 7.60. The molecule has 0 heterocycles. The van der Waals surface area contributed by atoms with Gasteiger partial charge in [0.1, 0.15) is 11.5 Å². The van der Waals surface area contributed by atoms with E-state index in [0.29, 0.717) is 6.04 Å². The van der Waals surface area contributed by atoms with E-state index in [1.807, 2.05) is 31.2 Å². The summed E-state index contributed by atoms with van der Waals surface area (Å²) in [6.45, 7) is 9.14. The van der Waals surface area contributed by atoms with Crippen molar-refractivity contribution in [2.45, 2.75) is 40.3 Å². The standard InChI is InChI=1S/C18H22ClNO/c1-12(2)20-11-15-9-13(3)5-8-18(15)21-16-6-7-17(19)14(4)10-16/h5-10,12,20H,11H2,1-4H3. The van der Waals surface area contributed by atoms with Crippen molar-refractivity contribution in [3.8, 4) is 11.5 Å². The van der Waals surface area contributed by atoms with E-state index in [2.05, 4.69) is 38.2 Å². The van der Waals surface area contributed by atoms with Crippen molar-refractivity contribution in [3.05, 3.63) is 58.1 Å². The Bertz CT molecular complexity index is 623. The molecular formula is C18H22ClNO. The first-order chi connectivity index (χ1) is 9.95. The zero-order chi connectivity index (χ0) is 15.4. The second-order valence-corrected chi connectivity index (χ2v) is 6.07. The largest absolute Gasteiger partial charge is 0.457 e. The second kappa shape index (κ2) is 6.97. The zero-order valence-electron chi connectivity index (χ0n) is 13.0. The fraction of sp³-hybridized carbons (Fsp3) is 0.333. The van der Waals surface area contributed by atoms with Crippen molar-refractivity contribution in [3.63, 3.8) is 0 Å². The molecule has 112 valence electrons. The highest BCUT2D eigenvalue weighted by atomic mass is 35.5. The molecule has 0 saturated heterocycles. The van der Waals surface area contributed by atoms with Crippen LogP contribution in [0.5, 0.6) is 11.5 Å². The molecule has 3 heteroatoms. The van der Waals surface area contributed by atoms with E-state index in [9.17, 15) is 0 Å². The molecule has 2 rings (SSSR count). The molecule has 0 aromatic heterocycles. The molecule has 21 heavy (non-hydrogen) atoms. The summed E-state index contributed by atoms with van der Waals surface area (Å²) >= 11 is 6.05. The van der Waals surface area contributed by atoms with Gasteiger partial charge in [-0.25, -0.2) is 0 Å². The summed E-state index contributed by atoms with van der Waals surface area (Å²) in [4.78, 5) is 0. The maximum Gasteiger partial charge on any atom is 0.131 e. The number of ether oxygens (including phenoxy) is 1. The fourth-order valence-corrected chi connectivity index (χ4v) is 2.19. The Morgan fingerprint density at radius 2 is 1.86 bits per heavy atom. The van der Waals surface area contributed by atoms with E-state index in [-0.39, 0.29) is 0 Å². The lowest BCUT2D eigenvalue weighted by atomic mass is 10.1. The van der Waals surface area contributed by atoms with Crippen molar-refractivity contribution < 1.29 is 4.74 Å². The third kappa shape index (κ3) is 4.48. The van der Waals surface area contributed by atoms with E-state index >= 15 is 0 Å². The van der Waals surface area contributed by atoms with Crippen molar-refractivity contribution in [2.24, 2.45) is 0 Å². The predicted octanol–water partition coefficient (Wildman–Crippen LogP) is 5.25. The summed E-state index contributed by atoms with van der Waals surface area (Å²) in [6.07, 6.45) is 0. The number of benzene rings is 2. The van der Waals surface area contributed by atoms with Gasteiger partial charge in [0.2, 0.25) is 0 Å². The molecule has 0 aliphatic heterocycles. The Morgan fingerprint density at radius 3 is 2.52 bits per heavy atom. The summed E-state index contributed by atoms with van der Waals surface area (Å²) in [5, 5.41) is 4.19. The molecule has 2 nitrogen and oxygen atoms in total. The topological polar surface area (TPSA) is 21.3 Å². The average Bonchev–Trinajstić information content (AvgIpc) is 2.43. The summed E-state index contributed by atoms with van der Waals surface area (Å²) in [6, 6.07) is 12.4. The van der Waals surface area contributed by atoms with Gasteiger partial charge < -0.3 is 10.1 Å². The van der Waals surface area contributed by atoms with Gasteiger partial charge in [-0.2, -0.15) is 0 Å². The Labute approximate surface area is 132 Å². The molecule has 0 fully saturated rings. The number of halogens is 1. The molecule has 2 aromatic rings. The van der Waals surface area contributed by atoms with E-state index in [1.54, 1.807) is 0 Å². The number of hydrogen-bond acceptors (Lipinski definition) is 2. The molecule has 0 aliphatic carbocycles. The van der Waals surface area contributed by atoms with Gasteiger partial charge in [-0.1, -0.05) is 43.1 Å². The number of hydrogen-bond donors (Lipinski definition) is 1. The van der Waals surface area contributed by atoms with E-state index < -0.39 is 0 Å². The van der Waals surface area contributed by atoms with E-state index in [0.717, 1.165) is 34.2 Å². The van der Waals surface area contributed by atoms with Crippen molar-refractivity contribution in [1.82, 2.24) is 5.32 Å². The minimum absolute atomic E-state index is 0.441. The SMILES string of the molecule is Cc1ccc(Oc2ccc(Cl)c(C)c2)c(CNC(C)C)c1. The van der Waals surface area contributed by atoms with E-state index in [4.69, 9.17) is 16.3 Å². The van der Waals surface area contributed by atoms with Crippen LogP contribution in [0.15, 0.2) is 36.4 Å². The van der Waals surface area contributed by atoms with Crippen LogP contribution in [-0.2, 0) is 6.54 Å². The summed E-state index contributed by atoms with van der Waals surface area (Å²) in [5.74, 6) is 1.70. The Hall–Kier alpha value is -1.51. The minimum atomic E-state index is 0.441. The Morgan fingerprint density at radius 1 is 1.10 bits per heavy atom. The molecule has 0 radical (unpaired) electrons. The lowest BCUT2D eigenvalue weighted by Crippen LogP contribution is -2.22. The lowest BCUT2D eigenvalue weighted by molar-refractivity contribution is 0.469. The van der Waals surface area contributed by atoms with Crippen molar-refractivity contribution in [1.29, 1.82) is 0 Å². The maximum absolute atomic E-state index is 6.05. The third-order valence-corrected chi connectivity index (χ3v) is 3.70. The van der Waals surface area contributed by atoms with Gasteiger partial charge >= 0.3 is 0 Å². The van der Waals surface area contributed by atoms with E-state index in [1.165, 1.54) is 5.56 Å². The molecular weight excluding hydrogens is 282 g/mol. The minimum Gasteiger partial charge on any atom is -0.457 e. The van der Waals surface area contributed by atoms with Crippen LogP contribution in [-0.4, -0.2) is 6.04 Å². The maximum atomic E-state index is 6.05. The average molecular weight is 304 g/mol. The lowest BCUT2D eigenvalue weighted by Gasteiger charge is -2.15. The Kier molecular flexibility index (Phi) is 5.27. The molecule has 1 N–H and O–H groups in total. The normalized spacial score (nSPS) is 11.0. The third-order valence-electron chi connectivity index (χ3n) is 3.27. The number of nitrogens with one attached hydrogen (secondary N) is 1. The van der Waals surface area contributed by atoms with Crippen LogP contribution in [0.3, 0.4) is 0 Å². The van der Waals surface area contributed by atoms with Crippen LogP contribution in [0.4, 0.5) is 0 Å². The van der Waals surface area contributed by atoms with Gasteiger partial charge in [-0.05, 0) is 43.7 Å². The summed E-state index contributed by atoms with van der Waals surface area (Å²) < 4.78 is 6.03. The fourth-order valence-electron chi connectivity index (χ4n) is 2.07. The first kappa shape index (κ1) is 15.9. The molecule has 0 aliphatic rings. The summed E-state index contributed by atoms with van der Waals surface area (Å²) in [5.41, 5.74) is 3.41. The van der Waals surface area contributed by atoms with Gasteiger partial charge in [0.25, 0.3) is 0 Å². The monoisotopic (exact) mass is 303 g/mol. The smallest absolute Gasteiger partial charge is 0.131 e. The van der Waals surface area contributed by atoms with Gasteiger partial charge in [0.15, 0.2) is 0 Å². The van der Waals surface area contributed by atoms with Gasteiger partial charge in [0.05, 0.1) is 0 Å². The first-order valence-electron chi connectivity index (χ1n) is 7.22. The molecule has 0 bridgehead atoms. The zero-order valence-corrected chi connectivity index (χ0v) is 13.8. The second-order valence-electron chi connectivity index (χ2n) is 5.66. The molecule has 0 unspecified atom stereocenters. The highest BCUT2D eigenvalue weighted by Crippen LogP contribution is 2.29. The molecule has 2 aromatic carbocycles. The quantitative estimate of drug-likeness (QED) is 0.815. The van der Waals surface area contributed by atoms with Crippen LogP contribution in [0.2, 0.25) is 5.02 Å². The van der Waals surface area contributed by atoms with Crippen molar-refractivity contribution in [2.75, 3.05) is 0 Å². The number of rotatable bonds is 5. The van der Waals surface area contributed by atoms with Gasteiger partial charge in [0, 0.05) is 23.2 Å². The highest BCUT2D eigenvalue weighted by molar-refractivity contribution is 6.31.